The lowest BCUT2D eigenvalue weighted by molar-refractivity contribution is -0.136. The normalized spacial score (nSPS) is 18.7. The van der Waals surface area contributed by atoms with Gasteiger partial charge in [-0.1, -0.05) is 33.1 Å². The molecule has 2 N–H and O–H groups in total. The van der Waals surface area contributed by atoms with Gasteiger partial charge in [0.05, 0.1) is 6.26 Å². The zero-order valence-electron chi connectivity index (χ0n) is 19.3. The topological polar surface area (TPSA) is 69.9 Å². The smallest absolute Gasteiger partial charge is 0.225 e. The van der Waals surface area contributed by atoms with Crippen LogP contribution >= 0.6 is 24.0 Å². The molecule has 0 radical (unpaired) electrons. The SMILES string of the molecule is CCC(CC)C(=O)N1CCC(NC(=NCCc2ccco2)NC2CCCCC2)CC1.I. The Bertz CT molecular complexity index is 647. The van der Waals surface area contributed by atoms with Gasteiger partial charge in [-0.05, 0) is 50.7 Å². The van der Waals surface area contributed by atoms with Gasteiger partial charge in [0, 0.05) is 44.1 Å². The van der Waals surface area contributed by atoms with Crippen LogP contribution in [0.1, 0.15) is 77.4 Å². The largest absolute Gasteiger partial charge is 0.469 e. The number of carbonyl (C=O) groups excluding carboxylic acids is 1. The Labute approximate surface area is 205 Å². The van der Waals surface area contributed by atoms with Crippen LogP contribution in [0.4, 0.5) is 0 Å². The number of nitrogens with one attached hydrogen (secondary N) is 2. The minimum atomic E-state index is 0. The fourth-order valence-corrected chi connectivity index (χ4v) is 4.64. The Morgan fingerprint density at radius 3 is 2.32 bits per heavy atom. The quantitative estimate of drug-likeness (QED) is 0.282. The molecule has 0 atom stereocenters. The molecular weight excluding hydrogens is 503 g/mol. The van der Waals surface area contributed by atoms with Crippen LogP contribution in [0.25, 0.3) is 0 Å². The molecule has 31 heavy (non-hydrogen) atoms. The van der Waals surface area contributed by atoms with Crippen LogP contribution in [0.15, 0.2) is 27.8 Å². The minimum absolute atomic E-state index is 0. The Morgan fingerprint density at radius 1 is 1.10 bits per heavy atom. The summed E-state index contributed by atoms with van der Waals surface area (Å²) in [7, 11) is 0. The van der Waals surface area contributed by atoms with Gasteiger partial charge >= 0.3 is 0 Å². The monoisotopic (exact) mass is 544 g/mol. The number of hydrogen-bond acceptors (Lipinski definition) is 3. The van der Waals surface area contributed by atoms with Crippen molar-refractivity contribution in [2.24, 2.45) is 10.9 Å². The fraction of sp³-hybridized carbons (Fsp3) is 0.750. The molecule has 0 spiro atoms. The molecule has 0 unspecified atom stereocenters. The molecule has 7 heteroatoms. The second-order valence-electron chi connectivity index (χ2n) is 8.80. The molecule has 1 aliphatic heterocycles. The third-order valence-corrected chi connectivity index (χ3v) is 6.64. The van der Waals surface area contributed by atoms with Crippen LogP contribution in [0.2, 0.25) is 0 Å². The molecule has 176 valence electrons. The first-order valence-corrected chi connectivity index (χ1v) is 12.1. The van der Waals surface area contributed by atoms with E-state index in [0.717, 1.165) is 56.9 Å². The number of aliphatic imine (C=N–C) groups is 1. The Morgan fingerprint density at radius 2 is 1.74 bits per heavy atom. The first-order chi connectivity index (χ1) is 14.7. The van der Waals surface area contributed by atoms with Gasteiger partial charge in [-0.2, -0.15) is 0 Å². The molecular formula is C24H41IN4O2. The van der Waals surface area contributed by atoms with E-state index in [1.165, 1.54) is 32.1 Å². The number of carbonyl (C=O) groups is 1. The first-order valence-electron chi connectivity index (χ1n) is 12.1. The second kappa shape index (κ2) is 14.0. The molecule has 1 amide bonds. The van der Waals surface area contributed by atoms with Gasteiger partial charge in [-0.15, -0.1) is 24.0 Å². The van der Waals surface area contributed by atoms with Crippen LogP contribution in [-0.4, -0.2) is 48.5 Å². The van der Waals surface area contributed by atoms with Gasteiger partial charge in [-0.3, -0.25) is 9.79 Å². The van der Waals surface area contributed by atoms with Crippen LogP contribution < -0.4 is 10.6 Å². The van der Waals surface area contributed by atoms with Crippen LogP contribution in [0, 0.1) is 5.92 Å². The van der Waals surface area contributed by atoms with E-state index in [-0.39, 0.29) is 29.9 Å². The van der Waals surface area contributed by atoms with E-state index in [0.29, 0.717) is 24.5 Å². The standard InChI is InChI=1S/C24H40N4O2.HI/c1-3-19(4-2)23(29)28-16-13-21(14-17-28)27-24(26-20-9-6-5-7-10-20)25-15-12-22-11-8-18-30-22;/h8,11,18-21H,3-7,9-10,12-17H2,1-2H3,(H2,25,26,27);1H. The summed E-state index contributed by atoms with van der Waals surface area (Å²) >= 11 is 0. The number of hydrogen-bond donors (Lipinski definition) is 2. The Hall–Kier alpha value is -1.25. The van der Waals surface area contributed by atoms with Crippen molar-refractivity contribution in [3.8, 4) is 0 Å². The number of furan rings is 1. The van der Waals surface area contributed by atoms with E-state index in [9.17, 15) is 4.79 Å². The molecule has 0 bridgehead atoms. The average molecular weight is 545 g/mol. The van der Waals surface area contributed by atoms with E-state index < -0.39 is 0 Å². The lowest BCUT2D eigenvalue weighted by atomic mass is 9.95. The van der Waals surface area contributed by atoms with Crippen molar-refractivity contribution >= 4 is 35.8 Å². The highest BCUT2D eigenvalue weighted by Gasteiger charge is 2.27. The number of nitrogens with zero attached hydrogens (tertiary/aromatic N) is 2. The molecule has 2 heterocycles. The van der Waals surface area contributed by atoms with Crippen molar-refractivity contribution in [1.82, 2.24) is 15.5 Å². The van der Waals surface area contributed by atoms with Gasteiger partial charge in [-0.25, -0.2) is 0 Å². The molecule has 1 aromatic rings. The second-order valence-corrected chi connectivity index (χ2v) is 8.80. The van der Waals surface area contributed by atoms with E-state index >= 15 is 0 Å². The lowest BCUT2D eigenvalue weighted by Gasteiger charge is -2.35. The third kappa shape index (κ3) is 8.31. The molecule has 1 saturated heterocycles. The highest BCUT2D eigenvalue weighted by molar-refractivity contribution is 14.0. The van der Waals surface area contributed by atoms with Gasteiger partial charge in [0.15, 0.2) is 5.96 Å². The predicted molar refractivity (Wildman–Crippen MR) is 137 cm³/mol. The molecule has 1 saturated carbocycles. The summed E-state index contributed by atoms with van der Waals surface area (Å²) in [5.41, 5.74) is 0. The molecule has 2 aliphatic rings. The number of rotatable bonds is 8. The highest BCUT2D eigenvalue weighted by Crippen LogP contribution is 2.19. The highest BCUT2D eigenvalue weighted by atomic mass is 127. The number of guanidine groups is 1. The Balaban J connectivity index is 0.00000341. The minimum Gasteiger partial charge on any atom is -0.469 e. The van der Waals surface area contributed by atoms with Crippen molar-refractivity contribution in [2.75, 3.05) is 19.6 Å². The van der Waals surface area contributed by atoms with Crippen molar-refractivity contribution in [3.05, 3.63) is 24.2 Å². The molecule has 0 aromatic carbocycles. The fourth-order valence-electron chi connectivity index (χ4n) is 4.64. The summed E-state index contributed by atoms with van der Waals surface area (Å²) in [6.45, 7) is 6.62. The maximum Gasteiger partial charge on any atom is 0.225 e. The molecule has 1 aliphatic carbocycles. The summed E-state index contributed by atoms with van der Waals surface area (Å²) in [5, 5.41) is 7.35. The van der Waals surface area contributed by atoms with Crippen molar-refractivity contribution < 1.29 is 9.21 Å². The summed E-state index contributed by atoms with van der Waals surface area (Å²) in [5.74, 6) is 2.43. The first kappa shape index (κ1) is 26.0. The third-order valence-electron chi connectivity index (χ3n) is 6.64. The van der Waals surface area contributed by atoms with Gasteiger partial charge < -0.3 is 20.0 Å². The van der Waals surface area contributed by atoms with Crippen molar-refractivity contribution in [2.45, 2.75) is 90.1 Å². The number of halogens is 1. The zero-order chi connectivity index (χ0) is 21.2. The van der Waals surface area contributed by atoms with E-state index in [1.807, 2.05) is 12.1 Å². The summed E-state index contributed by atoms with van der Waals surface area (Å²) < 4.78 is 5.44. The van der Waals surface area contributed by atoms with Crippen molar-refractivity contribution in [1.29, 1.82) is 0 Å². The maximum atomic E-state index is 12.7. The number of amides is 1. The summed E-state index contributed by atoms with van der Waals surface area (Å²) in [6, 6.07) is 4.82. The summed E-state index contributed by atoms with van der Waals surface area (Å²) in [4.78, 5) is 19.6. The molecule has 6 nitrogen and oxygen atoms in total. The lowest BCUT2D eigenvalue weighted by Crippen LogP contribution is -2.52. The summed E-state index contributed by atoms with van der Waals surface area (Å²) in [6.07, 6.45) is 12.8. The molecule has 1 aromatic heterocycles. The van der Waals surface area contributed by atoms with Crippen LogP contribution in [-0.2, 0) is 11.2 Å². The van der Waals surface area contributed by atoms with Gasteiger partial charge in [0.25, 0.3) is 0 Å². The van der Waals surface area contributed by atoms with Crippen LogP contribution in [0.3, 0.4) is 0 Å². The average Bonchev–Trinajstić information content (AvgIpc) is 3.29. The maximum absolute atomic E-state index is 12.7. The number of piperidine rings is 1. The van der Waals surface area contributed by atoms with E-state index in [1.54, 1.807) is 6.26 Å². The predicted octanol–water partition coefficient (Wildman–Crippen LogP) is 4.74. The number of likely N-dealkylation sites (tertiary alicyclic amines) is 1. The van der Waals surface area contributed by atoms with Crippen molar-refractivity contribution in [3.63, 3.8) is 0 Å². The van der Waals surface area contributed by atoms with Crippen LogP contribution in [0.5, 0.6) is 0 Å². The van der Waals surface area contributed by atoms with E-state index in [4.69, 9.17) is 9.41 Å². The Kier molecular flexibility index (Phi) is 11.8. The van der Waals surface area contributed by atoms with Gasteiger partial charge in [0.2, 0.25) is 5.91 Å². The molecule has 3 rings (SSSR count). The van der Waals surface area contributed by atoms with E-state index in [2.05, 4.69) is 29.4 Å². The zero-order valence-corrected chi connectivity index (χ0v) is 21.6. The molecule has 2 fully saturated rings. The van der Waals surface area contributed by atoms with Gasteiger partial charge in [0.1, 0.15) is 5.76 Å².